The summed E-state index contributed by atoms with van der Waals surface area (Å²) in [6, 6.07) is 6.88. The first-order valence-corrected chi connectivity index (χ1v) is 8.81. The number of rotatable bonds is 3. The number of fused-ring (bicyclic) bond motifs is 1. The molecule has 6 nitrogen and oxygen atoms in total. The van der Waals surface area contributed by atoms with Crippen LogP contribution in [-0.4, -0.2) is 50.8 Å². The highest BCUT2D eigenvalue weighted by molar-refractivity contribution is 5.81. The number of aromatic hydroxyl groups is 1. The quantitative estimate of drug-likeness (QED) is 0.756. The van der Waals surface area contributed by atoms with E-state index in [1.54, 1.807) is 22.7 Å². The van der Waals surface area contributed by atoms with Gasteiger partial charge in [0, 0.05) is 24.3 Å². The molecular formula is C19H22FN5O. The highest BCUT2D eigenvalue weighted by atomic mass is 19.1. The molecule has 2 N–H and O–H groups in total. The lowest BCUT2D eigenvalue weighted by Crippen LogP contribution is -2.40. The number of phenols is 1. The number of hydrogen-bond acceptors (Lipinski definition) is 5. The summed E-state index contributed by atoms with van der Waals surface area (Å²) in [5.41, 5.74) is 2.03. The topological polar surface area (TPSA) is 65.7 Å². The lowest BCUT2D eigenvalue weighted by atomic mass is 10.1. The van der Waals surface area contributed by atoms with Gasteiger partial charge in [-0.15, -0.1) is 10.2 Å². The highest BCUT2D eigenvalue weighted by Gasteiger charge is 2.21. The normalized spacial score (nSPS) is 18.3. The monoisotopic (exact) mass is 355 g/mol. The zero-order chi connectivity index (χ0) is 18.3. The Morgan fingerprint density at radius 3 is 2.88 bits per heavy atom. The molecule has 1 aliphatic heterocycles. The molecule has 7 heteroatoms. The van der Waals surface area contributed by atoms with E-state index in [-0.39, 0.29) is 11.8 Å². The van der Waals surface area contributed by atoms with Gasteiger partial charge < -0.3 is 15.3 Å². The molecule has 26 heavy (non-hydrogen) atoms. The predicted molar refractivity (Wildman–Crippen MR) is 98.9 cm³/mol. The number of phenolic OH excluding ortho intramolecular Hbond substituents is 1. The zero-order valence-electron chi connectivity index (χ0n) is 14.9. The lowest BCUT2D eigenvalue weighted by Gasteiger charge is -2.30. The number of benzene rings is 1. The summed E-state index contributed by atoms with van der Waals surface area (Å²) in [5.74, 6) is 0.189. The summed E-state index contributed by atoms with van der Waals surface area (Å²) in [6.45, 7) is 3.88. The van der Waals surface area contributed by atoms with E-state index in [2.05, 4.69) is 27.5 Å². The number of nitrogens with one attached hydrogen (secondary N) is 1. The second-order valence-corrected chi connectivity index (χ2v) is 7.02. The fourth-order valence-corrected chi connectivity index (χ4v) is 3.59. The van der Waals surface area contributed by atoms with Crippen LogP contribution in [0.25, 0.3) is 16.8 Å². The lowest BCUT2D eigenvalue weighted by molar-refractivity contribution is 0.260. The molecule has 3 heterocycles. The van der Waals surface area contributed by atoms with E-state index < -0.39 is 5.82 Å². The van der Waals surface area contributed by atoms with Crippen molar-refractivity contribution < 1.29 is 9.50 Å². The van der Waals surface area contributed by atoms with E-state index >= 15 is 0 Å². The van der Waals surface area contributed by atoms with Gasteiger partial charge in [-0.05, 0) is 57.1 Å². The molecular weight excluding hydrogens is 333 g/mol. The van der Waals surface area contributed by atoms with Gasteiger partial charge in [-0.2, -0.15) is 0 Å². The molecule has 4 rings (SSSR count). The molecule has 1 fully saturated rings. The molecule has 1 saturated heterocycles. The first-order chi connectivity index (χ1) is 12.5. The smallest absolute Gasteiger partial charge is 0.228 e. The van der Waals surface area contributed by atoms with Crippen LogP contribution in [0.5, 0.6) is 5.75 Å². The Morgan fingerprint density at radius 1 is 1.27 bits per heavy atom. The van der Waals surface area contributed by atoms with Crippen molar-refractivity contribution in [3.63, 3.8) is 0 Å². The molecule has 0 spiro atoms. The Kier molecular flexibility index (Phi) is 4.24. The Morgan fingerprint density at radius 2 is 2.12 bits per heavy atom. The van der Waals surface area contributed by atoms with Gasteiger partial charge in [-0.1, -0.05) is 6.07 Å². The number of piperidine rings is 1. The maximum atomic E-state index is 14.5. The number of aromatic nitrogens is 3. The van der Waals surface area contributed by atoms with Crippen molar-refractivity contribution >= 4 is 11.5 Å². The van der Waals surface area contributed by atoms with Crippen molar-refractivity contribution in [2.24, 2.45) is 0 Å². The van der Waals surface area contributed by atoms with Crippen molar-refractivity contribution in [2.45, 2.75) is 25.8 Å². The minimum Gasteiger partial charge on any atom is -0.507 e. The largest absolute Gasteiger partial charge is 0.507 e. The molecule has 0 bridgehead atoms. The molecule has 1 aromatic carbocycles. The molecule has 0 saturated carbocycles. The summed E-state index contributed by atoms with van der Waals surface area (Å²) >= 11 is 0. The number of likely N-dealkylation sites (tertiary alicyclic amines) is 1. The maximum absolute atomic E-state index is 14.5. The third-order valence-electron chi connectivity index (χ3n) is 4.90. The van der Waals surface area contributed by atoms with Crippen LogP contribution in [-0.2, 0) is 0 Å². The molecule has 3 aromatic rings. The average molecular weight is 355 g/mol. The second kappa shape index (κ2) is 6.57. The van der Waals surface area contributed by atoms with E-state index in [1.165, 1.54) is 6.07 Å². The number of aryl methyl sites for hydroxylation is 1. The summed E-state index contributed by atoms with van der Waals surface area (Å²) in [6.07, 6.45) is 3.79. The molecule has 2 aromatic heterocycles. The molecule has 1 aliphatic rings. The number of likely N-dealkylation sites (N-methyl/N-ethyl adjacent to an activating group) is 1. The predicted octanol–water partition coefficient (Wildman–Crippen LogP) is 3.06. The Hall–Kier alpha value is -2.67. The van der Waals surface area contributed by atoms with Crippen molar-refractivity contribution in [1.29, 1.82) is 0 Å². The second-order valence-electron chi connectivity index (χ2n) is 7.02. The van der Waals surface area contributed by atoms with E-state index in [4.69, 9.17) is 0 Å². The fourth-order valence-electron chi connectivity index (χ4n) is 3.59. The van der Waals surface area contributed by atoms with Gasteiger partial charge in [-0.25, -0.2) is 4.39 Å². The van der Waals surface area contributed by atoms with Crippen LogP contribution in [0.15, 0.2) is 30.5 Å². The van der Waals surface area contributed by atoms with Crippen LogP contribution in [0.2, 0.25) is 0 Å². The Balaban J connectivity index is 1.77. The Labute approximate surface area is 151 Å². The molecule has 136 valence electrons. The van der Waals surface area contributed by atoms with Gasteiger partial charge in [0.25, 0.3) is 0 Å². The van der Waals surface area contributed by atoms with Crippen LogP contribution in [0, 0.1) is 12.7 Å². The van der Waals surface area contributed by atoms with Gasteiger partial charge in [0.1, 0.15) is 17.0 Å². The first-order valence-electron chi connectivity index (χ1n) is 8.81. The van der Waals surface area contributed by atoms with E-state index in [9.17, 15) is 9.50 Å². The number of hydrogen-bond donors (Lipinski definition) is 2. The van der Waals surface area contributed by atoms with Crippen molar-refractivity contribution in [3.05, 3.63) is 41.8 Å². The summed E-state index contributed by atoms with van der Waals surface area (Å²) in [5, 5.41) is 22.2. The third kappa shape index (κ3) is 2.99. The van der Waals surface area contributed by atoms with E-state index in [0.29, 0.717) is 22.7 Å². The van der Waals surface area contributed by atoms with Crippen LogP contribution < -0.4 is 5.32 Å². The molecule has 1 atom stereocenters. The zero-order valence-corrected chi connectivity index (χ0v) is 14.9. The van der Waals surface area contributed by atoms with E-state index in [0.717, 1.165) is 31.5 Å². The van der Waals surface area contributed by atoms with Gasteiger partial charge in [0.05, 0.1) is 0 Å². The minimum atomic E-state index is -0.390. The van der Waals surface area contributed by atoms with Gasteiger partial charge in [0.2, 0.25) is 5.95 Å². The third-order valence-corrected chi connectivity index (χ3v) is 4.90. The van der Waals surface area contributed by atoms with Crippen molar-refractivity contribution in [3.8, 4) is 17.0 Å². The highest BCUT2D eigenvalue weighted by Crippen LogP contribution is 2.33. The summed E-state index contributed by atoms with van der Waals surface area (Å²) in [7, 11) is 2.09. The fraction of sp³-hybridized carbons (Fsp3) is 0.368. The van der Waals surface area contributed by atoms with Crippen LogP contribution in [0.4, 0.5) is 10.3 Å². The molecule has 0 amide bonds. The van der Waals surface area contributed by atoms with Crippen LogP contribution in [0.1, 0.15) is 18.4 Å². The van der Waals surface area contributed by atoms with Gasteiger partial charge in [0.15, 0.2) is 5.82 Å². The van der Waals surface area contributed by atoms with Gasteiger partial charge in [-0.3, -0.25) is 4.40 Å². The van der Waals surface area contributed by atoms with Crippen molar-refractivity contribution in [1.82, 2.24) is 19.5 Å². The molecule has 0 unspecified atom stereocenters. The Bertz CT molecular complexity index is 954. The SMILES string of the molecule is Cc1ccc(-c2nnc(N[C@@H]3CCCN(C)C3)n3ccc(F)c23)c(O)c1. The number of halogens is 1. The van der Waals surface area contributed by atoms with E-state index in [1.807, 2.05) is 13.0 Å². The summed E-state index contributed by atoms with van der Waals surface area (Å²) in [4.78, 5) is 2.26. The van der Waals surface area contributed by atoms with Crippen LogP contribution in [0.3, 0.4) is 0 Å². The molecule has 0 radical (unpaired) electrons. The van der Waals surface area contributed by atoms with Crippen LogP contribution >= 0.6 is 0 Å². The van der Waals surface area contributed by atoms with Gasteiger partial charge >= 0.3 is 0 Å². The minimum absolute atomic E-state index is 0.0661. The first kappa shape index (κ1) is 16.8. The standard InChI is InChI=1S/C19H22FN5O/c1-12-5-6-14(16(26)10-12)17-18-15(20)7-9-25(18)19(23-22-17)21-13-4-3-8-24(2)11-13/h5-7,9-10,13,26H,3-4,8,11H2,1-2H3,(H,21,23)/t13-/m1/s1. The number of nitrogens with zero attached hydrogens (tertiary/aromatic N) is 4. The maximum Gasteiger partial charge on any atom is 0.228 e. The number of anilines is 1. The van der Waals surface area contributed by atoms with Crippen molar-refractivity contribution in [2.75, 3.05) is 25.5 Å². The summed E-state index contributed by atoms with van der Waals surface area (Å²) < 4.78 is 16.2. The average Bonchev–Trinajstić information content (AvgIpc) is 2.99. The molecule has 0 aliphatic carbocycles.